The fraction of sp³-hybridized carbons (Fsp3) is 0.471. The first kappa shape index (κ1) is 10.0. The Labute approximate surface area is 129 Å². The number of aromatic nitrogens is 1. The lowest BCUT2D eigenvalue weighted by molar-refractivity contribution is -0.148. The molecule has 2 N–H and O–H groups in total. The van der Waals surface area contributed by atoms with Gasteiger partial charge in [-0.05, 0) is 30.3 Å². The number of rotatable bonds is 4. The van der Waals surface area contributed by atoms with E-state index in [-0.39, 0.29) is 12.0 Å². The van der Waals surface area contributed by atoms with Crippen molar-refractivity contribution in [1.29, 1.82) is 0 Å². The molecular formula is C17H21NO3. The van der Waals surface area contributed by atoms with E-state index in [2.05, 4.69) is 4.98 Å². The zero-order chi connectivity index (χ0) is 18.6. The van der Waals surface area contributed by atoms with Crippen molar-refractivity contribution in [3.8, 4) is 0 Å². The van der Waals surface area contributed by atoms with Crippen molar-refractivity contribution >= 4 is 16.9 Å². The molecule has 0 radical (unpaired) electrons. The van der Waals surface area contributed by atoms with Gasteiger partial charge in [-0.3, -0.25) is 4.79 Å². The minimum absolute atomic E-state index is 0.164. The fourth-order valence-corrected chi connectivity index (χ4v) is 3.01. The Morgan fingerprint density at radius 3 is 3.00 bits per heavy atom. The number of fused-ring (bicyclic) bond motifs is 3. The van der Waals surface area contributed by atoms with Crippen LogP contribution in [0.25, 0.3) is 10.9 Å². The Balaban J connectivity index is 2.42. The second-order valence-electron chi connectivity index (χ2n) is 5.32. The van der Waals surface area contributed by atoms with E-state index in [1.54, 1.807) is 19.1 Å². The van der Waals surface area contributed by atoms with Gasteiger partial charge >= 0.3 is 5.97 Å². The minimum Gasteiger partial charge on any atom is -0.481 e. The first-order chi connectivity index (χ1) is 11.6. The van der Waals surface area contributed by atoms with Crippen LogP contribution in [0.2, 0.25) is 0 Å². The summed E-state index contributed by atoms with van der Waals surface area (Å²) in [7, 11) is 0. The molecule has 1 aromatic carbocycles. The van der Waals surface area contributed by atoms with Crippen LogP contribution in [0, 0.1) is 0 Å². The van der Waals surface area contributed by atoms with Crippen LogP contribution in [0.5, 0.6) is 0 Å². The molecule has 0 bridgehead atoms. The molecule has 1 atom stereocenters. The first-order valence-corrected chi connectivity index (χ1v) is 7.16. The van der Waals surface area contributed by atoms with E-state index < -0.39 is 30.9 Å². The number of hydrogen-bond acceptors (Lipinski definition) is 2. The summed E-state index contributed by atoms with van der Waals surface area (Å²) in [5, 5.41) is 9.93. The lowest BCUT2D eigenvalue weighted by Crippen LogP contribution is -2.37. The number of H-pyrrole nitrogens is 1. The van der Waals surface area contributed by atoms with Crippen LogP contribution in [0.3, 0.4) is 0 Å². The lowest BCUT2D eigenvalue weighted by atomic mass is 9.86. The van der Waals surface area contributed by atoms with Crippen molar-refractivity contribution in [1.82, 2.24) is 4.98 Å². The average Bonchev–Trinajstić information content (AvgIpc) is 2.93. The maximum absolute atomic E-state index is 11.4. The number of carboxylic acid groups (broad SMARTS) is 1. The smallest absolute Gasteiger partial charge is 0.306 e. The monoisotopic (exact) mass is 291 g/mol. The van der Waals surface area contributed by atoms with Crippen molar-refractivity contribution in [2.24, 2.45) is 0 Å². The van der Waals surface area contributed by atoms with Crippen LogP contribution in [-0.4, -0.2) is 22.6 Å². The van der Waals surface area contributed by atoms with Gasteiger partial charge in [0.2, 0.25) is 0 Å². The third-order valence-corrected chi connectivity index (χ3v) is 4.19. The number of para-hydroxylation sites is 1. The van der Waals surface area contributed by atoms with E-state index in [1.165, 1.54) is 0 Å². The molecule has 1 aromatic heterocycles. The van der Waals surface area contributed by atoms with Crippen LogP contribution >= 0.6 is 0 Å². The van der Waals surface area contributed by atoms with Gasteiger partial charge in [0.25, 0.3) is 0 Å². The Kier molecular flexibility index (Phi) is 2.47. The second-order valence-corrected chi connectivity index (χ2v) is 5.32. The highest BCUT2D eigenvalue weighted by Crippen LogP contribution is 2.42. The highest BCUT2D eigenvalue weighted by molar-refractivity contribution is 5.88. The topological polar surface area (TPSA) is 62.3 Å². The van der Waals surface area contributed by atoms with Gasteiger partial charge in [0, 0.05) is 13.6 Å². The lowest BCUT2D eigenvalue weighted by Gasteiger charge is -2.35. The molecule has 2 aromatic rings. The summed E-state index contributed by atoms with van der Waals surface area (Å²) in [5.74, 6) is -1.12. The van der Waals surface area contributed by atoms with Gasteiger partial charge < -0.3 is 14.8 Å². The zero-order valence-corrected chi connectivity index (χ0v) is 12.1. The van der Waals surface area contributed by atoms with E-state index in [1.807, 2.05) is 13.0 Å². The number of aromatic amines is 1. The molecule has 3 rings (SSSR count). The summed E-state index contributed by atoms with van der Waals surface area (Å²) in [6.45, 7) is 1.04. The van der Waals surface area contributed by atoms with Crippen molar-refractivity contribution in [2.75, 3.05) is 6.56 Å². The molecular weight excluding hydrogens is 266 g/mol. The number of carbonyl (C=O) groups is 1. The molecule has 0 spiro atoms. The molecule has 1 aliphatic heterocycles. The third-order valence-electron chi connectivity index (χ3n) is 4.19. The van der Waals surface area contributed by atoms with Gasteiger partial charge in [0.1, 0.15) is 5.60 Å². The molecule has 0 unspecified atom stereocenters. The largest absolute Gasteiger partial charge is 0.481 e. The van der Waals surface area contributed by atoms with Gasteiger partial charge in [-0.15, -0.1) is 0 Å². The molecule has 0 amide bonds. The quantitative estimate of drug-likeness (QED) is 0.907. The van der Waals surface area contributed by atoms with E-state index in [9.17, 15) is 9.90 Å². The van der Waals surface area contributed by atoms with Crippen LogP contribution in [-0.2, 0) is 27.9 Å². The van der Waals surface area contributed by atoms with Crippen molar-refractivity contribution < 1.29 is 20.1 Å². The normalized spacial score (nSPS) is 29.0. The van der Waals surface area contributed by atoms with Gasteiger partial charge in [-0.25, -0.2) is 0 Å². The SMILES string of the molecule is [2H]C1([2H])O[C@@](CC)(CC(=O)O)c2[nH]c3c(CC)cccc3c2C1([2H])[2H]. The number of aryl methyl sites for hydroxylation is 2. The Morgan fingerprint density at radius 1 is 1.52 bits per heavy atom. The Hall–Kier alpha value is -1.81. The van der Waals surface area contributed by atoms with Gasteiger partial charge in [-0.1, -0.05) is 32.0 Å². The Bertz CT molecular complexity index is 846. The van der Waals surface area contributed by atoms with E-state index in [4.69, 9.17) is 10.2 Å². The first-order valence-electron chi connectivity index (χ1n) is 9.16. The molecule has 4 nitrogen and oxygen atoms in total. The van der Waals surface area contributed by atoms with E-state index in [0.717, 1.165) is 5.56 Å². The minimum atomic E-state index is -2.65. The highest BCUT2D eigenvalue weighted by atomic mass is 16.5. The number of nitrogens with one attached hydrogen (secondary N) is 1. The molecule has 1 aliphatic rings. The number of aliphatic carboxylic acids is 1. The number of ether oxygens (including phenoxy) is 1. The van der Waals surface area contributed by atoms with Crippen LogP contribution in [0.15, 0.2) is 18.2 Å². The van der Waals surface area contributed by atoms with Crippen molar-refractivity contribution in [3.63, 3.8) is 0 Å². The van der Waals surface area contributed by atoms with E-state index in [0.29, 0.717) is 23.0 Å². The van der Waals surface area contributed by atoms with Gasteiger partial charge in [0.05, 0.1) is 21.4 Å². The van der Waals surface area contributed by atoms with Gasteiger partial charge in [0.15, 0.2) is 0 Å². The Morgan fingerprint density at radius 2 is 2.33 bits per heavy atom. The number of carboxylic acids is 1. The van der Waals surface area contributed by atoms with E-state index >= 15 is 0 Å². The zero-order valence-electron chi connectivity index (χ0n) is 16.1. The number of hydrogen-bond donors (Lipinski definition) is 2. The van der Waals surface area contributed by atoms with Gasteiger partial charge in [-0.2, -0.15) is 0 Å². The molecule has 0 saturated heterocycles. The van der Waals surface area contributed by atoms with Crippen LogP contribution in [0.1, 0.15) is 49.0 Å². The summed E-state index contributed by atoms with van der Waals surface area (Å²) in [4.78, 5) is 14.6. The third kappa shape index (κ3) is 2.14. The summed E-state index contributed by atoms with van der Waals surface area (Å²) in [6.07, 6.45) is -1.94. The standard InChI is InChI=1S/C17H21NO3/c1-3-11-6-5-7-12-13-8-9-21-17(4-2,10-14(19)20)16(13)18-15(11)12/h5-7,18H,3-4,8-10H2,1-2H3,(H,19,20)/t17-/m0/s1/i8D2,9D2. The average molecular weight is 291 g/mol. The summed E-state index contributed by atoms with van der Waals surface area (Å²) >= 11 is 0. The summed E-state index contributed by atoms with van der Waals surface area (Å²) in [5.41, 5.74) is 0.720. The molecule has 2 heterocycles. The molecule has 21 heavy (non-hydrogen) atoms. The second kappa shape index (κ2) is 5.19. The summed E-state index contributed by atoms with van der Waals surface area (Å²) < 4.78 is 38.5. The number of benzene rings is 1. The highest BCUT2D eigenvalue weighted by Gasteiger charge is 2.40. The van der Waals surface area contributed by atoms with Crippen molar-refractivity contribution in [2.45, 2.75) is 45.1 Å². The molecule has 0 fully saturated rings. The molecule has 112 valence electrons. The maximum Gasteiger partial charge on any atom is 0.306 e. The van der Waals surface area contributed by atoms with Crippen LogP contribution in [0.4, 0.5) is 0 Å². The van der Waals surface area contributed by atoms with Crippen molar-refractivity contribution in [3.05, 3.63) is 35.0 Å². The predicted molar refractivity (Wildman–Crippen MR) is 81.6 cm³/mol. The molecule has 0 saturated carbocycles. The predicted octanol–water partition coefficient (Wildman–Crippen LogP) is 3.38. The molecule has 4 heteroatoms. The fourth-order valence-electron chi connectivity index (χ4n) is 3.01. The molecule has 0 aliphatic carbocycles. The maximum atomic E-state index is 11.4. The summed E-state index contributed by atoms with van der Waals surface area (Å²) in [6, 6.07) is 5.46. The van der Waals surface area contributed by atoms with Crippen LogP contribution < -0.4 is 0 Å².